The number of nitrogens with one attached hydrogen (secondary N) is 7. The second-order valence-electron chi connectivity index (χ2n) is 23.6. The third kappa shape index (κ3) is 17.7. The molecule has 0 radical (unpaired) electrons. The molecule has 3 saturated carbocycles. The lowest BCUT2D eigenvalue weighted by atomic mass is 9.43. The summed E-state index contributed by atoms with van der Waals surface area (Å²) >= 11 is 0. The first-order valence-electron chi connectivity index (χ1n) is 27.2. The first-order valence-corrected chi connectivity index (χ1v) is 27.2. The molecule has 7 amide bonds. The van der Waals surface area contributed by atoms with Gasteiger partial charge in [0.15, 0.2) is 0 Å². The molecule has 77 heavy (non-hydrogen) atoms. The second kappa shape index (κ2) is 26.4. The monoisotopic (exact) mass is 1070 g/mol. The number of aryl methyl sites for hydroxylation is 1. The van der Waals surface area contributed by atoms with E-state index in [1.807, 2.05) is 12.1 Å². The number of carboxylic acid groups (broad SMARTS) is 1. The molecule has 0 unspecified atom stereocenters. The average molecular weight is 1070 g/mol. The van der Waals surface area contributed by atoms with Gasteiger partial charge in [0.05, 0.1) is 24.2 Å². The molecule has 3 aliphatic carbocycles. The summed E-state index contributed by atoms with van der Waals surface area (Å²) in [7, 11) is -0.744. The minimum atomic E-state index is -1.55. The van der Waals surface area contributed by atoms with Crippen LogP contribution < -0.4 is 37.2 Å². The highest BCUT2D eigenvalue weighted by molar-refractivity contribution is 6.47. The first kappa shape index (κ1) is 61.6. The minimum absolute atomic E-state index is 0.106. The molecule has 1 saturated heterocycles. The van der Waals surface area contributed by atoms with Gasteiger partial charge in [-0.05, 0) is 160 Å². The van der Waals surface area contributed by atoms with Gasteiger partial charge in [0, 0.05) is 18.5 Å². The molecule has 0 spiro atoms. The Morgan fingerprint density at radius 1 is 0.688 bits per heavy atom. The third-order valence-corrected chi connectivity index (χ3v) is 14.7. The van der Waals surface area contributed by atoms with Crippen molar-refractivity contribution < 1.29 is 62.2 Å². The van der Waals surface area contributed by atoms with Crippen LogP contribution in [0.5, 0.6) is 0 Å². The van der Waals surface area contributed by atoms with Crippen molar-refractivity contribution in [1.82, 2.24) is 37.2 Å². The molecule has 2 aromatic carbocycles. The predicted octanol–water partition coefficient (Wildman–Crippen LogP) is 6.13. The van der Waals surface area contributed by atoms with E-state index in [9.17, 15) is 43.5 Å². The summed E-state index contributed by atoms with van der Waals surface area (Å²) in [5.74, 6) is -4.95. The molecule has 8 N–H and O–H groups in total. The van der Waals surface area contributed by atoms with E-state index in [0.29, 0.717) is 24.7 Å². The van der Waals surface area contributed by atoms with Crippen molar-refractivity contribution in [3.05, 3.63) is 59.7 Å². The van der Waals surface area contributed by atoms with Gasteiger partial charge in [0.25, 0.3) is 5.91 Å². The van der Waals surface area contributed by atoms with E-state index in [1.54, 1.807) is 72.7 Å². The van der Waals surface area contributed by atoms with Gasteiger partial charge in [-0.15, -0.1) is 0 Å². The van der Waals surface area contributed by atoms with Crippen molar-refractivity contribution in [2.24, 2.45) is 17.3 Å². The van der Waals surface area contributed by atoms with Gasteiger partial charge in [-0.3, -0.25) is 28.8 Å². The molecule has 4 aliphatic rings. The lowest BCUT2D eigenvalue weighted by molar-refractivity contribution is -0.199. The normalized spacial score (nSPS) is 21.2. The predicted molar refractivity (Wildman–Crippen MR) is 290 cm³/mol. The molecule has 4 fully saturated rings. The van der Waals surface area contributed by atoms with Crippen LogP contribution in [0.4, 0.5) is 9.59 Å². The van der Waals surface area contributed by atoms with Gasteiger partial charge in [-0.1, -0.05) is 63.6 Å². The third-order valence-electron chi connectivity index (χ3n) is 14.7. The van der Waals surface area contributed by atoms with Crippen LogP contribution in [0, 0.1) is 17.3 Å². The number of aliphatic carboxylic acids is 1. The molecule has 1 aliphatic heterocycles. The SMILES string of the molecule is CCCCc1ccc(-c2ccc(C(=O)N[C@@H](CNC(=O)OC(C)(C)C)C(=O)N[C@@H](CCC(=O)O)C(=O)N[C@@H](C)C(=O)N[C@@H](CCCCNC(=O)OC(C)(C)C)C(=O)N[C@@H](C)B3O[C@@H]4C[C@@H]5C[C@@H](C5(C)C)[C@]4(C)O3)cc2)cc1. The Kier molecular flexibility index (Phi) is 21.2. The van der Waals surface area contributed by atoms with Gasteiger partial charge < -0.3 is 61.1 Å². The van der Waals surface area contributed by atoms with E-state index in [0.717, 1.165) is 43.2 Å². The Hall–Kier alpha value is -6.22. The van der Waals surface area contributed by atoms with E-state index in [4.69, 9.17) is 18.8 Å². The van der Waals surface area contributed by atoms with Crippen LogP contribution >= 0.6 is 0 Å². The highest BCUT2D eigenvalue weighted by atomic mass is 16.7. The van der Waals surface area contributed by atoms with Crippen molar-refractivity contribution in [1.29, 1.82) is 0 Å². The Balaban J connectivity index is 1.26. The van der Waals surface area contributed by atoms with Gasteiger partial charge in [-0.25, -0.2) is 9.59 Å². The fourth-order valence-electron chi connectivity index (χ4n) is 10.2. The number of carboxylic acids is 1. The highest BCUT2D eigenvalue weighted by Crippen LogP contribution is 2.65. The number of rotatable bonds is 25. The van der Waals surface area contributed by atoms with Gasteiger partial charge in [-0.2, -0.15) is 0 Å². The fourth-order valence-corrected chi connectivity index (χ4v) is 10.2. The van der Waals surface area contributed by atoms with E-state index >= 15 is 0 Å². The number of benzene rings is 2. The van der Waals surface area contributed by atoms with E-state index in [1.165, 1.54) is 12.5 Å². The fraction of sp³-hybridized carbons (Fsp3) is 0.643. The van der Waals surface area contributed by atoms with Crippen LogP contribution in [0.3, 0.4) is 0 Å². The van der Waals surface area contributed by atoms with Crippen LogP contribution in [0.2, 0.25) is 0 Å². The van der Waals surface area contributed by atoms with E-state index in [2.05, 4.69) is 77.0 Å². The lowest BCUT2D eigenvalue weighted by Crippen LogP contribution is -2.65. The number of carbonyl (C=O) groups excluding carboxylic acids is 7. The quantitative estimate of drug-likeness (QED) is 0.0411. The molecule has 21 heteroatoms. The number of hydrogen-bond donors (Lipinski definition) is 8. The number of unbranched alkanes of at least 4 members (excludes halogenated alkanes) is 2. The zero-order chi connectivity index (χ0) is 57.0. The van der Waals surface area contributed by atoms with Crippen LogP contribution in [0.15, 0.2) is 48.5 Å². The molecule has 1 heterocycles. The van der Waals surface area contributed by atoms with E-state index in [-0.39, 0.29) is 30.0 Å². The van der Waals surface area contributed by atoms with Crippen molar-refractivity contribution in [3.63, 3.8) is 0 Å². The van der Waals surface area contributed by atoms with Gasteiger partial charge >= 0.3 is 25.3 Å². The van der Waals surface area contributed by atoms with Crippen molar-refractivity contribution in [2.45, 2.75) is 200 Å². The topological polar surface area (TPSA) is 278 Å². The summed E-state index contributed by atoms with van der Waals surface area (Å²) in [5, 5.41) is 28.2. The molecule has 2 aromatic rings. The summed E-state index contributed by atoms with van der Waals surface area (Å²) in [6, 6.07) is 9.38. The molecule has 9 atom stereocenters. The van der Waals surface area contributed by atoms with Crippen LogP contribution in [0.1, 0.15) is 157 Å². The molecule has 6 rings (SSSR count). The van der Waals surface area contributed by atoms with Gasteiger partial charge in [0.2, 0.25) is 23.6 Å². The lowest BCUT2D eigenvalue weighted by Gasteiger charge is -2.64. The molecule has 0 aromatic heterocycles. The Bertz CT molecular complexity index is 2410. The summed E-state index contributed by atoms with van der Waals surface area (Å²) in [6.45, 7) is 21.8. The minimum Gasteiger partial charge on any atom is -0.481 e. The standard InChI is InChI=1S/C56H84BN7O13/c1-13-14-17-35-19-21-36(22-20-35)37-23-25-38(26-24-37)47(68)64-42(32-59-52(73)75-54(7,8)9)50(71)63-41(27-28-45(65)66)48(69)60-33(2)46(67)62-40(18-15-16-29-58-51(72)74-53(4,5)6)49(70)61-34(3)57-76-44-31-39-30-43(55(39,10)11)56(44,12)77-57/h19-26,33-34,39-44H,13-18,27-32H2,1-12H3,(H,58,72)(H,59,73)(H,60,69)(H,61,70)(H,62,67)(H,63,71)(H,64,68)(H,65,66)/t33-,34-,39-,40-,41-,42-,43-,44+,56-/m0/s1. The summed E-state index contributed by atoms with van der Waals surface area (Å²) in [4.78, 5) is 107. The Morgan fingerprint density at radius 2 is 1.25 bits per heavy atom. The number of ether oxygens (including phenoxy) is 2. The molecule has 424 valence electrons. The maximum absolute atomic E-state index is 14.1. The van der Waals surface area contributed by atoms with Crippen molar-refractivity contribution >= 4 is 54.8 Å². The highest BCUT2D eigenvalue weighted by Gasteiger charge is 2.68. The summed E-state index contributed by atoms with van der Waals surface area (Å²) in [6.07, 6.45) is 3.37. The van der Waals surface area contributed by atoms with Crippen molar-refractivity contribution in [2.75, 3.05) is 13.1 Å². The molecule has 20 nitrogen and oxygen atoms in total. The van der Waals surface area contributed by atoms with Gasteiger partial charge in [0.1, 0.15) is 35.4 Å². The number of carbonyl (C=O) groups is 8. The van der Waals surface area contributed by atoms with Crippen LogP contribution in [-0.4, -0.2) is 126 Å². The first-order chi connectivity index (χ1) is 36.0. The zero-order valence-electron chi connectivity index (χ0n) is 47.1. The summed E-state index contributed by atoms with van der Waals surface area (Å²) < 4.78 is 23.7. The zero-order valence-corrected chi connectivity index (χ0v) is 47.1. The Morgan fingerprint density at radius 3 is 1.83 bits per heavy atom. The van der Waals surface area contributed by atoms with E-state index < -0.39 is 121 Å². The maximum atomic E-state index is 14.1. The average Bonchev–Trinajstić information content (AvgIpc) is 3.87. The number of amides is 7. The van der Waals surface area contributed by atoms with Crippen LogP contribution in [-0.2, 0) is 49.2 Å². The molecular formula is C56H84BN7O13. The maximum Gasteiger partial charge on any atom is 0.481 e. The number of hydrogen-bond acceptors (Lipinski definition) is 12. The number of alkyl carbamates (subject to hydrolysis) is 2. The molecular weight excluding hydrogens is 989 g/mol. The summed E-state index contributed by atoms with van der Waals surface area (Å²) in [5.41, 5.74) is 1.20. The van der Waals surface area contributed by atoms with Crippen molar-refractivity contribution in [3.8, 4) is 11.1 Å². The van der Waals surface area contributed by atoms with Crippen LogP contribution in [0.25, 0.3) is 11.1 Å². The smallest absolute Gasteiger partial charge is 0.481 e. The molecule has 2 bridgehead atoms. The Labute approximate surface area is 454 Å². The largest absolute Gasteiger partial charge is 0.481 e. The second-order valence-corrected chi connectivity index (χ2v) is 23.6.